The van der Waals surface area contributed by atoms with Crippen LogP contribution in [0.1, 0.15) is 0 Å². The summed E-state index contributed by atoms with van der Waals surface area (Å²) in [6, 6.07) is 62.8. The molecule has 0 N–H and O–H groups in total. The Bertz CT molecular complexity index is 3490. The molecule has 0 saturated heterocycles. The molecule has 0 fully saturated rings. The molecular weight excluding hydrogens is 701 g/mol. The van der Waals surface area contributed by atoms with Crippen molar-refractivity contribution in [2.24, 2.45) is 0 Å². The van der Waals surface area contributed by atoms with E-state index in [4.69, 9.17) is 23.8 Å². The first-order chi connectivity index (χ1) is 28.2. The van der Waals surface area contributed by atoms with Gasteiger partial charge in [-0.1, -0.05) is 121 Å². The van der Waals surface area contributed by atoms with Gasteiger partial charge < -0.3 is 13.4 Å². The maximum absolute atomic E-state index is 6.50. The van der Waals surface area contributed by atoms with E-state index in [-0.39, 0.29) is 0 Å². The third-order valence-corrected chi connectivity index (χ3v) is 11.1. The molecular formula is C51H30N4O2. The van der Waals surface area contributed by atoms with Crippen molar-refractivity contribution in [3.63, 3.8) is 0 Å². The lowest BCUT2D eigenvalue weighted by atomic mass is 10.00. The highest BCUT2D eigenvalue weighted by atomic mass is 16.3. The van der Waals surface area contributed by atoms with Crippen LogP contribution in [0.2, 0.25) is 0 Å². The molecule has 0 aliphatic rings. The summed E-state index contributed by atoms with van der Waals surface area (Å²) in [5.41, 5.74) is 11.5. The largest absolute Gasteiger partial charge is 0.456 e. The second-order valence-electron chi connectivity index (χ2n) is 14.4. The average molecular weight is 731 g/mol. The fraction of sp³-hybridized carbons (Fsp3) is 0. The van der Waals surface area contributed by atoms with Crippen LogP contribution in [0.3, 0.4) is 0 Å². The molecule has 0 spiro atoms. The van der Waals surface area contributed by atoms with E-state index in [1.165, 1.54) is 21.8 Å². The topological polar surface area (TPSA) is 69.9 Å². The minimum Gasteiger partial charge on any atom is -0.456 e. The highest BCUT2D eigenvalue weighted by Crippen LogP contribution is 2.40. The number of hydrogen-bond donors (Lipinski definition) is 0. The lowest BCUT2D eigenvalue weighted by Crippen LogP contribution is -2.00. The molecule has 8 aromatic carbocycles. The normalized spacial score (nSPS) is 11.9. The number of furan rings is 2. The maximum atomic E-state index is 6.50. The number of aromatic nitrogens is 4. The van der Waals surface area contributed by atoms with Gasteiger partial charge in [-0.15, -0.1) is 0 Å². The number of nitrogens with zero attached hydrogens (tertiary/aromatic N) is 4. The van der Waals surface area contributed by atoms with Crippen molar-refractivity contribution < 1.29 is 8.83 Å². The van der Waals surface area contributed by atoms with E-state index >= 15 is 0 Å². The van der Waals surface area contributed by atoms with E-state index in [2.05, 4.69) is 120 Å². The first-order valence-corrected chi connectivity index (χ1v) is 19.0. The Morgan fingerprint density at radius 3 is 1.74 bits per heavy atom. The Morgan fingerprint density at radius 1 is 0.333 bits per heavy atom. The third kappa shape index (κ3) is 5.01. The van der Waals surface area contributed by atoms with Gasteiger partial charge in [0.15, 0.2) is 17.5 Å². The van der Waals surface area contributed by atoms with Gasteiger partial charge in [0.1, 0.15) is 22.3 Å². The molecule has 57 heavy (non-hydrogen) atoms. The van der Waals surface area contributed by atoms with Crippen LogP contribution in [0.5, 0.6) is 0 Å². The summed E-state index contributed by atoms with van der Waals surface area (Å²) in [4.78, 5) is 15.3. The van der Waals surface area contributed by atoms with E-state index in [9.17, 15) is 0 Å². The molecule has 0 saturated carbocycles. The van der Waals surface area contributed by atoms with Crippen LogP contribution in [-0.2, 0) is 0 Å². The predicted octanol–water partition coefficient (Wildman–Crippen LogP) is 13.4. The molecule has 4 heterocycles. The zero-order chi connectivity index (χ0) is 37.5. The Kier molecular flexibility index (Phi) is 6.83. The van der Waals surface area contributed by atoms with Gasteiger partial charge >= 0.3 is 0 Å². The van der Waals surface area contributed by atoms with Crippen molar-refractivity contribution >= 4 is 65.7 Å². The van der Waals surface area contributed by atoms with E-state index in [1.807, 2.05) is 66.7 Å². The smallest absolute Gasteiger partial charge is 0.164 e. The van der Waals surface area contributed by atoms with E-state index in [0.29, 0.717) is 17.5 Å². The molecule has 0 aliphatic carbocycles. The van der Waals surface area contributed by atoms with E-state index in [0.717, 1.165) is 77.4 Å². The predicted molar refractivity (Wildman–Crippen MR) is 230 cm³/mol. The third-order valence-electron chi connectivity index (χ3n) is 11.1. The number of para-hydroxylation sites is 3. The molecule has 6 heteroatoms. The van der Waals surface area contributed by atoms with Gasteiger partial charge in [-0.25, -0.2) is 15.0 Å². The molecule has 0 unspecified atom stereocenters. The Morgan fingerprint density at radius 2 is 0.912 bits per heavy atom. The van der Waals surface area contributed by atoms with Crippen LogP contribution in [0, 0.1) is 0 Å². The zero-order valence-electron chi connectivity index (χ0n) is 30.4. The summed E-state index contributed by atoms with van der Waals surface area (Å²) in [5.74, 6) is 1.72. The molecule has 0 atom stereocenters. The first kappa shape index (κ1) is 31.5. The molecule has 12 rings (SSSR count). The lowest BCUT2D eigenvalue weighted by Gasteiger charge is -2.11. The standard InChI is InChI=1S/C51H30N4O2/c1-2-12-31(13-3-1)49-52-50(34-24-26-39-38-18-6-9-22-44(38)57-47(39)30-34)54-51(53-49)40-19-11-23-46-48(40)41-29-33(25-27-45(41)56-46)32-14-10-15-35(28-32)55-42-20-7-4-16-36(42)37-17-5-8-21-43(37)55/h1-30H. The second kappa shape index (κ2) is 12.3. The summed E-state index contributed by atoms with van der Waals surface area (Å²) in [5, 5.41) is 6.56. The number of benzene rings is 8. The summed E-state index contributed by atoms with van der Waals surface area (Å²) < 4.78 is 15.1. The van der Waals surface area contributed by atoms with Gasteiger partial charge in [-0.2, -0.15) is 0 Å². The number of fused-ring (bicyclic) bond motifs is 9. The number of hydrogen-bond acceptors (Lipinski definition) is 5. The zero-order valence-corrected chi connectivity index (χ0v) is 30.4. The Balaban J connectivity index is 1.03. The van der Waals surface area contributed by atoms with Crippen molar-refractivity contribution in [2.45, 2.75) is 0 Å². The van der Waals surface area contributed by atoms with Gasteiger partial charge in [-0.05, 0) is 71.8 Å². The van der Waals surface area contributed by atoms with Crippen LogP contribution >= 0.6 is 0 Å². The SMILES string of the molecule is c1ccc(-c2nc(-c3ccc4c(c3)oc3ccccc34)nc(-c3cccc4oc5ccc(-c6cccc(-n7c8ccccc8c8ccccc87)c6)cc5c34)n2)cc1. The lowest BCUT2D eigenvalue weighted by molar-refractivity contribution is 0.668. The molecule has 6 nitrogen and oxygen atoms in total. The average Bonchev–Trinajstić information content (AvgIpc) is 3.95. The molecule has 0 radical (unpaired) electrons. The summed E-state index contributed by atoms with van der Waals surface area (Å²) in [6.45, 7) is 0. The van der Waals surface area contributed by atoms with Crippen LogP contribution in [0.15, 0.2) is 191 Å². The Labute approximate surface area is 325 Å². The maximum Gasteiger partial charge on any atom is 0.164 e. The first-order valence-electron chi connectivity index (χ1n) is 19.0. The highest BCUT2D eigenvalue weighted by molar-refractivity contribution is 6.13. The molecule has 0 aliphatic heterocycles. The molecule has 0 bridgehead atoms. The molecule has 266 valence electrons. The van der Waals surface area contributed by atoms with E-state index < -0.39 is 0 Å². The monoisotopic (exact) mass is 730 g/mol. The fourth-order valence-electron chi connectivity index (χ4n) is 8.42. The second-order valence-corrected chi connectivity index (χ2v) is 14.4. The highest BCUT2D eigenvalue weighted by Gasteiger charge is 2.20. The van der Waals surface area contributed by atoms with Crippen molar-refractivity contribution in [1.82, 2.24) is 19.5 Å². The number of rotatable bonds is 5. The molecule has 0 amide bonds. The Hall–Kier alpha value is -7.83. The molecule has 12 aromatic rings. The van der Waals surface area contributed by atoms with Crippen molar-refractivity contribution in [2.75, 3.05) is 0 Å². The molecule has 4 aromatic heterocycles. The quantitative estimate of drug-likeness (QED) is 0.176. The van der Waals surface area contributed by atoms with Gasteiger partial charge in [0.25, 0.3) is 0 Å². The van der Waals surface area contributed by atoms with E-state index in [1.54, 1.807) is 0 Å². The summed E-state index contributed by atoms with van der Waals surface area (Å²) in [7, 11) is 0. The van der Waals surface area contributed by atoms with Crippen LogP contribution in [-0.4, -0.2) is 19.5 Å². The fourth-order valence-corrected chi connectivity index (χ4v) is 8.42. The minimum absolute atomic E-state index is 0.563. The van der Waals surface area contributed by atoms with Crippen LogP contribution < -0.4 is 0 Å². The van der Waals surface area contributed by atoms with Crippen molar-refractivity contribution in [3.8, 4) is 51.0 Å². The summed E-state index contributed by atoms with van der Waals surface area (Å²) in [6.07, 6.45) is 0. The summed E-state index contributed by atoms with van der Waals surface area (Å²) >= 11 is 0. The van der Waals surface area contributed by atoms with Gasteiger partial charge in [0, 0.05) is 54.7 Å². The van der Waals surface area contributed by atoms with Crippen LogP contribution in [0.4, 0.5) is 0 Å². The van der Waals surface area contributed by atoms with Crippen molar-refractivity contribution in [3.05, 3.63) is 182 Å². The van der Waals surface area contributed by atoms with Crippen LogP contribution in [0.25, 0.3) is 117 Å². The minimum atomic E-state index is 0.563. The van der Waals surface area contributed by atoms with Gasteiger partial charge in [0.2, 0.25) is 0 Å². The van der Waals surface area contributed by atoms with Crippen molar-refractivity contribution in [1.29, 1.82) is 0 Å². The van der Waals surface area contributed by atoms with Gasteiger partial charge in [-0.3, -0.25) is 0 Å². The van der Waals surface area contributed by atoms with Gasteiger partial charge in [0.05, 0.1) is 11.0 Å².